The van der Waals surface area contributed by atoms with Crippen molar-refractivity contribution in [3.63, 3.8) is 0 Å². The lowest BCUT2D eigenvalue weighted by molar-refractivity contribution is -0.137. The normalized spacial score (nSPS) is 11.9. The summed E-state index contributed by atoms with van der Waals surface area (Å²) in [7, 11) is 0. The highest BCUT2D eigenvalue weighted by Crippen LogP contribution is 2.46. The zero-order valence-corrected chi connectivity index (χ0v) is 40.4. The number of benzene rings is 10. The Morgan fingerprint density at radius 3 is 1.42 bits per heavy atom. The zero-order chi connectivity index (χ0) is 50.1. The Morgan fingerprint density at radius 1 is 0.338 bits per heavy atom. The first-order chi connectivity index (χ1) is 36.2. The van der Waals surface area contributed by atoms with Crippen LogP contribution in [-0.2, 0) is 6.18 Å². The van der Waals surface area contributed by atoms with Crippen LogP contribution in [0.15, 0.2) is 237 Å². The third-order valence-electron chi connectivity index (χ3n) is 14.5. The molecule has 0 saturated carbocycles. The van der Waals surface area contributed by atoms with Crippen LogP contribution in [0.5, 0.6) is 0 Å². The molecule has 0 saturated heterocycles. The van der Waals surface area contributed by atoms with E-state index in [0.717, 1.165) is 88.1 Å². The van der Waals surface area contributed by atoms with Gasteiger partial charge >= 0.3 is 6.18 Å². The van der Waals surface area contributed by atoms with Crippen LogP contribution in [0.25, 0.3) is 122 Å². The Bertz CT molecular complexity index is 4260. The lowest BCUT2D eigenvalue weighted by Gasteiger charge is -2.21. The number of nitrogens with zero attached hydrogens (tertiary/aromatic N) is 4. The number of aromatic nitrogens is 4. The molecule has 3 heterocycles. The molecule has 13 rings (SSSR count). The largest absolute Gasteiger partial charge is 0.417 e. The fraction of sp³-hybridized carbons (Fsp3) is 0.0448. The van der Waals surface area contributed by atoms with E-state index in [1.165, 1.54) is 6.07 Å². The summed E-state index contributed by atoms with van der Waals surface area (Å²) in [5.74, 6) is 0.509. The van der Waals surface area contributed by atoms with E-state index in [9.17, 15) is 0 Å². The average molecular weight is 963 g/mol. The summed E-state index contributed by atoms with van der Waals surface area (Å²) in [6, 6.07) is 77.7. The number of rotatable bonds is 8. The molecule has 0 unspecified atom stereocenters. The molecule has 10 aromatic carbocycles. The van der Waals surface area contributed by atoms with Gasteiger partial charge in [0.2, 0.25) is 0 Å². The van der Waals surface area contributed by atoms with Gasteiger partial charge in [0.25, 0.3) is 0 Å². The maximum Gasteiger partial charge on any atom is 0.417 e. The minimum absolute atomic E-state index is 0.0393. The van der Waals surface area contributed by atoms with Gasteiger partial charge in [0.15, 0.2) is 5.82 Å². The molecular weight excluding hydrogens is 918 g/mol. The molecule has 0 radical (unpaired) electrons. The third-order valence-corrected chi connectivity index (χ3v) is 14.5. The Labute approximate surface area is 425 Å². The van der Waals surface area contributed by atoms with Gasteiger partial charge in [0.1, 0.15) is 0 Å². The summed E-state index contributed by atoms with van der Waals surface area (Å²) >= 11 is 0. The van der Waals surface area contributed by atoms with E-state index < -0.39 is 11.7 Å². The molecule has 0 spiro atoms. The number of alkyl halides is 3. The summed E-state index contributed by atoms with van der Waals surface area (Å²) in [6.07, 6.45) is -4.72. The van der Waals surface area contributed by atoms with Gasteiger partial charge in [0, 0.05) is 49.5 Å². The van der Waals surface area contributed by atoms with Crippen LogP contribution in [0.3, 0.4) is 0 Å². The van der Waals surface area contributed by atoms with Crippen molar-refractivity contribution in [2.24, 2.45) is 0 Å². The molecule has 3 aromatic heterocycles. The Hall–Kier alpha value is -9.33. The highest BCUT2D eigenvalue weighted by molar-refractivity contribution is 6.12. The maximum atomic E-state index is 16.0. The van der Waals surface area contributed by atoms with E-state index in [1.807, 2.05) is 146 Å². The van der Waals surface area contributed by atoms with Crippen LogP contribution >= 0.6 is 0 Å². The monoisotopic (exact) mass is 962 g/mol. The minimum atomic E-state index is -4.72. The highest BCUT2D eigenvalue weighted by atomic mass is 19.4. The number of hydrogen-bond acceptors (Lipinski definition) is 2. The van der Waals surface area contributed by atoms with Crippen LogP contribution in [0.2, 0.25) is 0 Å². The summed E-state index contributed by atoms with van der Waals surface area (Å²) in [5.41, 5.74) is 14.7. The van der Waals surface area contributed by atoms with Crippen molar-refractivity contribution >= 4 is 43.6 Å². The molecule has 354 valence electrons. The Kier molecular flexibility index (Phi) is 10.7. The second-order valence-electron chi connectivity index (χ2n) is 19.0. The zero-order valence-electron chi connectivity index (χ0n) is 40.4. The van der Waals surface area contributed by atoms with Gasteiger partial charge in [0.05, 0.1) is 44.7 Å². The lowest BCUT2D eigenvalue weighted by Crippen LogP contribution is -2.10. The van der Waals surface area contributed by atoms with Gasteiger partial charge in [-0.1, -0.05) is 164 Å². The second-order valence-corrected chi connectivity index (χ2v) is 19.0. The molecule has 4 nitrogen and oxygen atoms in total. The molecular formula is C67H45F3N4. The van der Waals surface area contributed by atoms with Gasteiger partial charge < -0.3 is 9.13 Å². The number of halogens is 3. The van der Waals surface area contributed by atoms with Crippen molar-refractivity contribution in [1.82, 2.24) is 19.1 Å². The molecule has 0 N–H and O–H groups in total. The fourth-order valence-electron chi connectivity index (χ4n) is 10.9. The first-order valence-corrected chi connectivity index (χ1v) is 24.7. The van der Waals surface area contributed by atoms with Gasteiger partial charge in [-0.2, -0.15) is 13.2 Å². The van der Waals surface area contributed by atoms with Gasteiger partial charge in [-0.15, -0.1) is 0 Å². The second kappa shape index (κ2) is 17.8. The molecule has 0 atom stereocenters. The molecule has 0 amide bonds. The first-order valence-electron chi connectivity index (χ1n) is 24.7. The van der Waals surface area contributed by atoms with Crippen molar-refractivity contribution in [1.29, 1.82) is 0 Å². The lowest BCUT2D eigenvalue weighted by atomic mass is 9.93. The van der Waals surface area contributed by atoms with Crippen molar-refractivity contribution in [2.45, 2.75) is 20.0 Å². The van der Waals surface area contributed by atoms with Crippen molar-refractivity contribution in [3.8, 4) is 78.7 Å². The van der Waals surface area contributed by atoms with Crippen LogP contribution in [0, 0.1) is 13.8 Å². The Balaban J connectivity index is 1.10. The highest BCUT2D eigenvalue weighted by Gasteiger charge is 2.35. The van der Waals surface area contributed by atoms with E-state index in [1.54, 1.807) is 12.1 Å². The molecule has 0 aliphatic heterocycles. The summed E-state index contributed by atoms with van der Waals surface area (Å²) in [5, 5.41) is 3.99. The third kappa shape index (κ3) is 7.64. The van der Waals surface area contributed by atoms with Gasteiger partial charge in [-0.25, -0.2) is 9.97 Å². The molecule has 13 aromatic rings. The number of hydrogen-bond donors (Lipinski definition) is 0. The molecule has 0 bridgehead atoms. The average Bonchev–Trinajstić information content (AvgIpc) is 3.97. The summed E-state index contributed by atoms with van der Waals surface area (Å²) in [6.45, 7) is 4.21. The Morgan fingerprint density at radius 2 is 0.824 bits per heavy atom. The molecule has 7 heteroatoms. The predicted octanol–water partition coefficient (Wildman–Crippen LogP) is 18.3. The quantitative estimate of drug-likeness (QED) is 0.152. The molecule has 0 aliphatic rings. The van der Waals surface area contributed by atoms with Crippen molar-refractivity contribution in [3.05, 3.63) is 253 Å². The minimum Gasteiger partial charge on any atom is -0.309 e. The van der Waals surface area contributed by atoms with E-state index >= 15 is 13.2 Å². The standard InChI is InChI=1S/C67H45F3N4/c1-42-17-9-11-23-50(42)46-29-34-63-55(37-46)52-25-13-15-27-61(52)73(63)49-32-33-58(67(68,69)70)54(40-49)57-39-48(60-41-59(44-19-5-3-6-20-44)71-66(72-60)45-21-7-4-8-22-45)31-36-65(57)74-62-28-16-14-26-53(62)56-38-47(30-35-64(56)74)51-24-12-10-18-43(51)2/h3-41H,1-2H3. The first kappa shape index (κ1) is 44.6. The molecule has 0 aliphatic carbocycles. The molecule has 74 heavy (non-hydrogen) atoms. The topological polar surface area (TPSA) is 35.6 Å². The van der Waals surface area contributed by atoms with Gasteiger partial charge in [-0.3, -0.25) is 0 Å². The van der Waals surface area contributed by atoms with Crippen molar-refractivity contribution in [2.75, 3.05) is 0 Å². The van der Waals surface area contributed by atoms with Crippen molar-refractivity contribution < 1.29 is 13.2 Å². The van der Waals surface area contributed by atoms with E-state index in [4.69, 9.17) is 9.97 Å². The van der Waals surface area contributed by atoms with Crippen LogP contribution in [-0.4, -0.2) is 19.1 Å². The maximum absolute atomic E-state index is 16.0. The van der Waals surface area contributed by atoms with Gasteiger partial charge in [-0.05, 0) is 126 Å². The van der Waals surface area contributed by atoms with E-state index in [0.29, 0.717) is 39.7 Å². The van der Waals surface area contributed by atoms with Crippen LogP contribution < -0.4 is 0 Å². The number of aryl methyl sites for hydroxylation is 2. The SMILES string of the molecule is Cc1ccccc1-c1ccc2c(c1)c1ccccc1n2-c1ccc(C(F)(F)F)c(-c2cc(-c3cc(-c4ccccc4)nc(-c4ccccc4)n3)ccc2-n2c3ccccc3c3cc(-c4ccccc4C)ccc32)c1. The smallest absolute Gasteiger partial charge is 0.309 e. The molecule has 0 fully saturated rings. The fourth-order valence-corrected chi connectivity index (χ4v) is 10.9. The van der Waals surface area contributed by atoms with E-state index in [2.05, 4.69) is 95.8 Å². The van der Waals surface area contributed by atoms with Crippen LogP contribution in [0.4, 0.5) is 13.2 Å². The van der Waals surface area contributed by atoms with E-state index in [-0.39, 0.29) is 5.56 Å². The predicted molar refractivity (Wildman–Crippen MR) is 298 cm³/mol. The summed E-state index contributed by atoms with van der Waals surface area (Å²) in [4.78, 5) is 10.2. The number of para-hydroxylation sites is 2. The number of fused-ring (bicyclic) bond motifs is 6. The summed E-state index contributed by atoms with van der Waals surface area (Å²) < 4.78 is 52.3. The van der Waals surface area contributed by atoms with Crippen LogP contribution in [0.1, 0.15) is 16.7 Å².